The molecule has 0 amide bonds. The van der Waals surface area contributed by atoms with Crippen LogP contribution in [0.3, 0.4) is 0 Å². The second-order valence-corrected chi connectivity index (χ2v) is 8.02. The van der Waals surface area contributed by atoms with Gasteiger partial charge in [-0.25, -0.2) is 8.42 Å². The summed E-state index contributed by atoms with van der Waals surface area (Å²) in [5.41, 5.74) is 0.205. The van der Waals surface area contributed by atoms with Crippen molar-refractivity contribution in [2.24, 2.45) is 0 Å². The number of morpholine rings is 1. The van der Waals surface area contributed by atoms with Crippen LogP contribution in [0.25, 0.3) is 0 Å². The summed E-state index contributed by atoms with van der Waals surface area (Å²) in [5.74, 6) is 0.655. The number of ether oxygens (including phenoxy) is 2. The summed E-state index contributed by atoms with van der Waals surface area (Å²) >= 11 is 0. The molecule has 0 bridgehead atoms. The molecular formula is C15H23NO4S. The van der Waals surface area contributed by atoms with Gasteiger partial charge < -0.3 is 9.47 Å². The van der Waals surface area contributed by atoms with Crippen LogP contribution in [0, 0.1) is 6.92 Å². The van der Waals surface area contributed by atoms with Crippen LogP contribution in [0.1, 0.15) is 26.3 Å². The molecule has 1 unspecified atom stereocenters. The molecule has 0 spiro atoms. The van der Waals surface area contributed by atoms with Crippen LogP contribution >= 0.6 is 0 Å². The van der Waals surface area contributed by atoms with Gasteiger partial charge in [0.1, 0.15) is 5.75 Å². The topological polar surface area (TPSA) is 55.8 Å². The van der Waals surface area contributed by atoms with Crippen LogP contribution in [0.2, 0.25) is 0 Å². The van der Waals surface area contributed by atoms with Crippen molar-refractivity contribution in [2.75, 3.05) is 20.2 Å². The number of sulfonamides is 1. The van der Waals surface area contributed by atoms with Gasteiger partial charge in [-0.05, 0) is 51.5 Å². The van der Waals surface area contributed by atoms with Gasteiger partial charge in [0, 0.05) is 13.1 Å². The van der Waals surface area contributed by atoms with Crippen molar-refractivity contribution in [2.45, 2.75) is 44.3 Å². The fourth-order valence-corrected chi connectivity index (χ4v) is 4.63. The molecule has 21 heavy (non-hydrogen) atoms. The molecule has 2 rings (SSSR count). The van der Waals surface area contributed by atoms with Gasteiger partial charge in [-0.2, -0.15) is 4.31 Å². The quantitative estimate of drug-likeness (QED) is 0.858. The fraction of sp³-hybridized carbons (Fsp3) is 0.600. The van der Waals surface area contributed by atoms with Crippen LogP contribution in [0.5, 0.6) is 5.75 Å². The summed E-state index contributed by atoms with van der Waals surface area (Å²) in [6.45, 7) is 8.22. The summed E-state index contributed by atoms with van der Waals surface area (Å²) in [5, 5.41) is 0. The summed E-state index contributed by atoms with van der Waals surface area (Å²) in [6.07, 6.45) is -0.123. The van der Waals surface area contributed by atoms with Crippen LogP contribution < -0.4 is 4.74 Å². The van der Waals surface area contributed by atoms with E-state index in [-0.39, 0.29) is 6.10 Å². The Morgan fingerprint density at radius 3 is 2.57 bits per heavy atom. The van der Waals surface area contributed by atoms with E-state index in [9.17, 15) is 8.42 Å². The molecule has 1 aliphatic heterocycles. The van der Waals surface area contributed by atoms with E-state index in [1.54, 1.807) is 32.2 Å². The first-order valence-corrected chi connectivity index (χ1v) is 8.42. The maximum absolute atomic E-state index is 12.9. The predicted molar refractivity (Wildman–Crippen MR) is 81.1 cm³/mol. The lowest BCUT2D eigenvalue weighted by molar-refractivity contribution is -0.109. The van der Waals surface area contributed by atoms with Crippen LogP contribution in [0.4, 0.5) is 0 Å². The third kappa shape index (κ3) is 3.39. The molecule has 0 N–H and O–H groups in total. The Morgan fingerprint density at radius 1 is 1.38 bits per heavy atom. The van der Waals surface area contributed by atoms with Crippen molar-refractivity contribution < 1.29 is 17.9 Å². The largest absolute Gasteiger partial charge is 0.497 e. The zero-order valence-electron chi connectivity index (χ0n) is 13.2. The van der Waals surface area contributed by atoms with Gasteiger partial charge in [-0.15, -0.1) is 0 Å². The van der Waals surface area contributed by atoms with Crippen molar-refractivity contribution in [3.63, 3.8) is 0 Å². The van der Waals surface area contributed by atoms with Crippen LogP contribution in [0.15, 0.2) is 23.1 Å². The van der Waals surface area contributed by atoms with Crippen molar-refractivity contribution in [3.05, 3.63) is 23.8 Å². The minimum absolute atomic E-state index is 0.123. The smallest absolute Gasteiger partial charge is 0.243 e. The number of nitrogens with zero attached hydrogens (tertiary/aromatic N) is 1. The lowest BCUT2D eigenvalue weighted by Gasteiger charge is -2.41. The predicted octanol–water partition coefficient (Wildman–Crippen LogP) is 2.19. The Bertz CT molecular complexity index is 625. The number of hydrogen-bond donors (Lipinski definition) is 0. The molecule has 1 saturated heterocycles. The van der Waals surface area contributed by atoms with Crippen molar-refractivity contribution in [1.29, 1.82) is 0 Å². The standard InChI is InChI=1S/C15H23NO4S/c1-11-8-13(19-5)6-7-14(11)21(17,18)16-9-12(2)20-15(3,4)10-16/h6-8,12H,9-10H2,1-5H3. The van der Waals surface area contributed by atoms with Gasteiger partial charge in [0.05, 0.1) is 23.7 Å². The van der Waals surface area contributed by atoms with E-state index in [0.717, 1.165) is 0 Å². The van der Waals surface area contributed by atoms with Gasteiger partial charge >= 0.3 is 0 Å². The Kier molecular flexibility index (Phi) is 4.33. The SMILES string of the molecule is COc1ccc(S(=O)(=O)N2CC(C)OC(C)(C)C2)c(C)c1. The van der Waals surface area contributed by atoms with E-state index in [4.69, 9.17) is 9.47 Å². The molecule has 1 heterocycles. The molecule has 1 aliphatic rings. The van der Waals surface area contributed by atoms with E-state index in [1.807, 2.05) is 20.8 Å². The zero-order chi connectivity index (χ0) is 15.8. The molecule has 1 aromatic rings. The van der Waals surface area contributed by atoms with Crippen molar-refractivity contribution >= 4 is 10.0 Å². The van der Waals surface area contributed by atoms with Crippen LogP contribution in [-0.2, 0) is 14.8 Å². The van der Waals surface area contributed by atoms with E-state index < -0.39 is 15.6 Å². The third-order valence-corrected chi connectivity index (χ3v) is 5.51. The molecule has 6 heteroatoms. The summed E-state index contributed by atoms with van der Waals surface area (Å²) < 4.78 is 38.2. The summed E-state index contributed by atoms with van der Waals surface area (Å²) in [6, 6.07) is 5.02. The van der Waals surface area contributed by atoms with E-state index in [0.29, 0.717) is 29.3 Å². The third-order valence-electron chi connectivity index (χ3n) is 3.54. The van der Waals surface area contributed by atoms with Gasteiger partial charge in [0.15, 0.2) is 0 Å². The Labute approximate surface area is 126 Å². The Balaban J connectivity index is 2.38. The number of aryl methyl sites for hydroxylation is 1. The van der Waals surface area contributed by atoms with Crippen molar-refractivity contribution in [1.82, 2.24) is 4.31 Å². The monoisotopic (exact) mass is 313 g/mol. The molecule has 1 fully saturated rings. The molecule has 1 atom stereocenters. The maximum Gasteiger partial charge on any atom is 0.243 e. The Hall–Kier alpha value is -1.11. The van der Waals surface area contributed by atoms with Gasteiger partial charge in [0.2, 0.25) is 10.0 Å². The lowest BCUT2D eigenvalue weighted by Crippen LogP contribution is -2.53. The lowest BCUT2D eigenvalue weighted by atomic mass is 10.1. The number of rotatable bonds is 3. The highest BCUT2D eigenvalue weighted by Gasteiger charge is 2.38. The van der Waals surface area contributed by atoms with Gasteiger partial charge in [0.25, 0.3) is 0 Å². The van der Waals surface area contributed by atoms with E-state index >= 15 is 0 Å². The number of benzene rings is 1. The number of methoxy groups -OCH3 is 1. The highest BCUT2D eigenvalue weighted by molar-refractivity contribution is 7.89. The molecule has 118 valence electrons. The summed E-state index contributed by atoms with van der Waals surface area (Å²) in [7, 11) is -1.96. The first-order chi connectivity index (χ1) is 9.65. The van der Waals surface area contributed by atoms with Gasteiger partial charge in [-0.3, -0.25) is 0 Å². The average Bonchev–Trinajstić information content (AvgIpc) is 2.35. The van der Waals surface area contributed by atoms with Gasteiger partial charge in [-0.1, -0.05) is 0 Å². The number of hydrogen-bond acceptors (Lipinski definition) is 4. The Morgan fingerprint density at radius 2 is 2.05 bits per heavy atom. The molecule has 0 saturated carbocycles. The highest BCUT2D eigenvalue weighted by atomic mass is 32.2. The molecule has 5 nitrogen and oxygen atoms in total. The first-order valence-electron chi connectivity index (χ1n) is 6.98. The normalized spacial score (nSPS) is 23.0. The fourth-order valence-electron chi connectivity index (χ4n) is 2.76. The molecular weight excluding hydrogens is 290 g/mol. The van der Waals surface area contributed by atoms with Crippen molar-refractivity contribution in [3.8, 4) is 5.75 Å². The minimum Gasteiger partial charge on any atom is -0.497 e. The molecule has 0 radical (unpaired) electrons. The zero-order valence-corrected chi connectivity index (χ0v) is 14.0. The second-order valence-electron chi connectivity index (χ2n) is 6.12. The average molecular weight is 313 g/mol. The van der Waals surface area contributed by atoms with E-state index in [1.165, 1.54) is 4.31 Å². The minimum atomic E-state index is -3.52. The second kappa shape index (κ2) is 5.59. The molecule has 1 aromatic carbocycles. The van der Waals surface area contributed by atoms with E-state index in [2.05, 4.69) is 0 Å². The maximum atomic E-state index is 12.9. The molecule has 0 aromatic heterocycles. The van der Waals surface area contributed by atoms with Crippen LogP contribution in [-0.4, -0.2) is 44.6 Å². The highest BCUT2D eigenvalue weighted by Crippen LogP contribution is 2.29. The molecule has 0 aliphatic carbocycles. The first kappa shape index (κ1) is 16.3. The summed E-state index contributed by atoms with van der Waals surface area (Å²) in [4.78, 5) is 0.327.